The van der Waals surface area contributed by atoms with Crippen LogP contribution in [0.1, 0.15) is 22.7 Å². The minimum absolute atomic E-state index is 0.365. The Bertz CT molecular complexity index is 422. The molecule has 84 valence electrons. The van der Waals surface area contributed by atoms with Gasteiger partial charge in [0.2, 0.25) is 0 Å². The minimum Gasteiger partial charge on any atom is -0.250 e. The lowest BCUT2D eigenvalue weighted by atomic mass is 9.96. The molecule has 0 fully saturated rings. The van der Waals surface area contributed by atoms with E-state index in [0.717, 1.165) is 12.1 Å². The van der Waals surface area contributed by atoms with E-state index in [0.29, 0.717) is 11.8 Å². The molecule has 0 aliphatic carbocycles. The Morgan fingerprint density at radius 2 is 2.06 bits per heavy atom. The number of hydrogen-bond acceptors (Lipinski definition) is 2. The monoisotopic (exact) mass is 251 g/mol. The normalized spacial score (nSPS) is 12.6. The van der Waals surface area contributed by atoms with Crippen molar-refractivity contribution in [1.82, 2.24) is 4.98 Å². The molecule has 0 saturated heterocycles. The molecule has 0 spiro atoms. The largest absolute Gasteiger partial charge is 0.250 e. The Morgan fingerprint density at radius 3 is 2.62 bits per heavy atom. The van der Waals surface area contributed by atoms with Gasteiger partial charge in [0.1, 0.15) is 0 Å². The molecule has 0 aliphatic rings. The molecular formula is C13H14ClNS. The Balaban J connectivity index is 2.13. The second-order valence-electron chi connectivity index (χ2n) is 3.95. The summed E-state index contributed by atoms with van der Waals surface area (Å²) >= 11 is 7.67. The number of benzene rings is 1. The van der Waals surface area contributed by atoms with Gasteiger partial charge < -0.3 is 0 Å². The average molecular weight is 252 g/mol. The van der Waals surface area contributed by atoms with Crippen LogP contribution in [0.15, 0.2) is 35.2 Å². The smallest absolute Gasteiger partial charge is 0.0794 e. The molecule has 1 aromatic carbocycles. The van der Waals surface area contributed by atoms with E-state index in [4.69, 9.17) is 11.6 Å². The van der Waals surface area contributed by atoms with E-state index in [2.05, 4.69) is 41.6 Å². The minimum atomic E-state index is 0.365. The molecule has 1 atom stereocenters. The molecule has 1 aromatic heterocycles. The summed E-state index contributed by atoms with van der Waals surface area (Å²) in [5.74, 6) is 1.00. The van der Waals surface area contributed by atoms with E-state index in [9.17, 15) is 0 Å². The van der Waals surface area contributed by atoms with Gasteiger partial charge in [0.05, 0.1) is 11.2 Å². The topological polar surface area (TPSA) is 12.9 Å². The number of aromatic nitrogens is 1. The summed E-state index contributed by atoms with van der Waals surface area (Å²) in [7, 11) is 0. The van der Waals surface area contributed by atoms with E-state index < -0.39 is 0 Å². The quantitative estimate of drug-likeness (QED) is 0.748. The predicted octanol–water partition coefficient (Wildman–Crippen LogP) is 4.02. The number of rotatable bonds is 4. The SMILES string of the molecule is Cc1ccc(C(CCl)Cc2cscn2)cc1. The molecule has 0 bridgehead atoms. The molecule has 16 heavy (non-hydrogen) atoms. The van der Waals surface area contributed by atoms with Crippen LogP contribution < -0.4 is 0 Å². The van der Waals surface area contributed by atoms with Gasteiger partial charge in [-0.3, -0.25) is 0 Å². The number of hydrogen-bond donors (Lipinski definition) is 0. The first-order chi connectivity index (χ1) is 7.79. The summed E-state index contributed by atoms with van der Waals surface area (Å²) in [6, 6.07) is 8.59. The van der Waals surface area contributed by atoms with Crippen LogP contribution in [0.3, 0.4) is 0 Å². The summed E-state index contributed by atoms with van der Waals surface area (Å²) in [5, 5.41) is 2.09. The van der Waals surface area contributed by atoms with Crippen LogP contribution in [0.5, 0.6) is 0 Å². The fourth-order valence-electron chi connectivity index (χ4n) is 1.69. The molecule has 0 aliphatic heterocycles. The molecule has 2 rings (SSSR count). The van der Waals surface area contributed by atoms with Gasteiger partial charge in [0.15, 0.2) is 0 Å². The van der Waals surface area contributed by atoms with Gasteiger partial charge in [-0.05, 0) is 18.9 Å². The molecule has 3 heteroatoms. The number of nitrogens with zero attached hydrogens (tertiary/aromatic N) is 1. The van der Waals surface area contributed by atoms with Crippen LogP contribution in [0.4, 0.5) is 0 Å². The second-order valence-corrected chi connectivity index (χ2v) is 4.97. The van der Waals surface area contributed by atoms with Gasteiger partial charge in [-0.1, -0.05) is 29.8 Å². The first-order valence-electron chi connectivity index (χ1n) is 5.29. The van der Waals surface area contributed by atoms with Gasteiger partial charge in [0, 0.05) is 17.2 Å². The van der Waals surface area contributed by atoms with Gasteiger partial charge >= 0.3 is 0 Å². The molecule has 0 saturated carbocycles. The predicted molar refractivity (Wildman–Crippen MR) is 70.5 cm³/mol. The van der Waals surface area contributed by atoms with Crippen molar-refractivity contribution < 1.29 is 0 Å². The maximum Gasteiger partial charge on any atom is 0.0794 e. The summed E-state index contributed by atoms with van der Waals surface area (Å²) in [6.07, 6.45) is 0.927. The lowest BCUT2D eigenvalue weighted by Crippen LogP contribution is -2.04. The highest BCUT2D eigenvalue weighted by atomic mass is 35.5. The Labute approximate surface area is 105 Å². The van der Waals surface area contributed by atoms with Crippen molar-refractivity contribution in [2.45, 2.75) is 19.3 Å². The molecule has 1 nitrogen and oxygen atoms in total. The van der Waals surface area contributed by atoms with E-state index in [1.54, 1.807) is 11.3 Å². The number of aryl methyl sites for hydroxylation is 1. The van der Waals surface area contributed by atoms with Gasteiger partial charge in [-0.15, -0.1) is 22.9 Å². The van der Waals surface area contributed by atoms with Crippen molar-refractivity contribution in [3.05, 3.63) is 52.0 Å². The summed E-state index contributed by atoms with van der Waals surface area (Å²) in [6.45, 7) is 2.10. The first kappa shape index (κ1) is 11.6. The van der Waals surface area contributed by atoms with E-state index in [1.807, 2.05) is 5.51 Å². The van der Waals surface area contributed by atoms with Crippen molar-refractivity contribution in [3.63, 3.8) is 0 Å². The molecule has 2 aromatic rings. The highest BCUT2D eigenvalue weighted by Gasteiger charge is 2.12. The summed E-state index contributed by atoms with van der Waals surface area (Å²) in [5.41, 5.74) is 5.59. The van der Waals surface area contributed by atoms with Crippen LogP contribution in [-0.2, 0) is 6.42 Å². The number of alkyl halides is 1. The van der Waals surface area contributed by atoms with Crippen LogP contribution in [-0.4, -0.2) is 10.9 Å². The zero-order chi connectivity index (χ0) is 11.4. The Hall–Kier alpha value is -0.860. The van der Waals surface area contributed by atoms with Gasteiger partial charge in [0.25, 0.3) is 0 Å². The molecule has 0 radical (unpaired) electrons. The molecular weight excluding hydrogens is 238 g/mol. The highest BCUT2D eigenvalue weighted by Crippen LogP contribution is 2.22. The standard InChI is InChI=1S/C13H14ClNS/c1-10-2-4-11(5-3-10)12(7-14)6-13-8-16-9-15-13/h2-5,8-9,12H,6-7H2,1H3. The van der Waals surface area contributed by atoms with Crippen molar-refractivity contribution in [3.8, 4) is 0 Å². The van der Waals surface area contributed by atoms with Gasteiger partial charge in [-0.2, -0.15) is 0 Å². The van der Waals surface area contributed by atoms with Crippen molar-refractivity contribution in [2.24, 2.45) is 0 Å². The first-order valence-corrected chi connectivity index (χ1v) is 6.77. The molecule has 1 unspecified atom stereocenters. The average Bonchev–Trinajstić information content (AvgIpc) is 2.80. The lowest BCUT2D eigenvalue weighted by Gasteiger charge is -2.13. The zero-order valence-corrected chi connectivity index (χ0v) is 10.8. The van der Waals surface area contributed by atoms with Crippen LogP contribution in [0, 0.1) is 6.92 Å². The molecule has 1 heterocycles. The van der Waals surface area contributed by atoms with Crippen molar-refractivity contribution >= 4 is 22.9 Å². The fraction of sp³-hybridized carbons (Fsp3) is 0.308. The van der Waals surface area contributed by atoms with Crippen LogP contribution in [0.2, 0.25) is 0 Å². The van der Waals surface area contributed by atoms with E-state index in [1.165, 1.54) is 11.1 Å². The third-order valence-corrected chi connectivity index (χ3v) is 3.68. The third-order valence-electron chi connectivity index (χ3n) is 2.67. The number of halogens is 1. The lowest BCUT2D eigenvalue weighted by molar-refractivity contribution is 0.751. The van der Waals surface area contributed by atoms with E-state index in [-0.39, 0.29) is 0 Å². The highest BCUT2D eigenvalue weighted by molar-refractivity contribution is 7.07. The van der Waals surface area contributed by atoms with E-state index >= 15 is 0 Å². The summed E-state index contributed by atoms with van der Waals surface area (Å²) in [4.78, 5) is 4.31. The fourth-order valence-corrected chi connectivity index (χ4v) is 2.55. The number of thiazole rings is 1. The van der Waals surface area contributed by atoms with Crippen molar-refractivity contribution in [1.29, 1.82) is 0 Å². The van der Waals surface area contributed by atoms with Crippen LogP contribution in [0.25, 0.3) is 0 Å². The Morgan fingerprint density at radius 1 is 1.31 bits per heavy atom. The molecule has 0 amide bonds. The summed E-state index contributed by atoms with van der Waals surface area (Å²) < 4.78 is 0. The third kappa shape index (κ3) is 2.83. The maximum absolute atomic E-state index is 6.03. The van der Waals surface area contributed by atoms with Gasteiger partial charge in [-0.25, -0.2) is 4.98 Å². The molecule has 0 N–H and O–H groups in total. The Kier molecular flexibility index (Phi) is 3.97. The van der Waals surface area contributed by atoms with Crippen LogP contribution >= 0.6 is 22.9 Å². The maximum atomic E-state index is 6.03. The second kappa shape index (κ2) is 5.46. The van der Waals surface area contributed by atoms with Crippen molar-refractivity contribution in [2.75, 3.05) is 5.88 Å². The zero-order valence-electron chi connectivity index (χ0n) is 9.19.